The van der Waals surface area contributed by atoms with Gasteiger partial charge in [-0.25, -0.2) is 9.97 Å². The normalized spacial score (nSPS) is 11.1. The van der Waals surface area contributed by atoms with E-state index in [1.165, 1.54) is 0 Å². The molecule has 4 rings (SSSR count). The third kappa shape index (κ3) is 3.28. The summed E-state index contributed by atoms with van der Waals surface area (Å²) in [6, 6.07) is 12.5. The Morgan fingerprint density at radius 3 is 2.59 bits per heavy atom. The van der Waals surface area contributed by atoms with Crippen LogP contribution < -0.4 is 9.80 Å². The van der Waals surface area contributed by atoms with Gasteiger partial charge in [0.05, 0.1) is 17.6 Å². The fraction of sp³-hybridized carbons (Fsp3) is 0.238. The molecule has 27 heavy (non-hydrogen) atoms. The highest BCUT2D eigenvalue weighted by Crippen LogP contribution is 2.34. The van der Waals surface area contributed by atoms with Crippen LogP contribution in [-0.2, 0) is 0 Å². The number of anilines is 3. The van der Waals surface area contributed by atoms with E-state index in [9.17, 15) is 0 Å². The summed E-state index contributed by atoms with van der Waals surface area (Å²) in [5, 5.41) is 4.28. The summed E-state index contributed by atoms with van der Waals surface area (Å²) in [7, 11) is 2.06. The van der Waals surface area contributed by atoms with E-state index in [2.05, 4.69) is 64.2 Å². The molecule has 4 aromatic rings. The fourth-order valence-electron chi connectivity index (χ4n) is 3.22. The van der Waals surface area contributed by atoms with Gasteiger partial charge in [-0.3, -0.25) is 0 Å². The quantitative estimate of drug-likeness (QED) is 0.495. The molecule has 0 atom stereocenters. The van der Waals surface area contributed by atoms with Gasteiger partial charge in [0.15, 0.2) is 5.13 Å². The van der Waals surface area contributed by atoms with Crippen LogP contribution in [0.25, 0.3) is 22.3 Å². The van der Waals surface area contributed by atoms with Crippen molar-refractivity contribution in [2.45, 2.75) is 13.8 Å². The van der Waals surface area contributed by atoms with Crippen LogP contribution in [-0.4, -0.2) is 35.1 Å². The van der Waals surface area contributed by atoms with Crippen molar-refractivity contribution in [1.82, 2.24) is 15.0 Å². The topological polar surface area (TPSA) is 48.1 Å². The number of H-pyrrole nitrogens is 1. The number of thiazole rings is 1. The van der Waals surface area contributed by atoms with Gasteiger partial charge in [0.2, 0.25) is 0 Å². The van der Waals surface area contributed by atoms with Gasteiger partial charge in [0.1, 0.15) is 5.65 Å². The minimum atomic E-state index is 0.882. The second-order valence-electron chi connectivity index (χ2n) is 6.37. The average molecular weight is 378 g/mol. The number of pyridine rings is 1. The summed E-state index contributed by atoms with van der Waals surface area (Å²) < 4.78 is 0. The molecule has 138 valence electrons. The molecule has 0 fully saturated rings. The van der Waals surface area contributed by atoms with Crippen LogP contribution in [0.1, 0.15) is 13.8 Å². The van der Waals surface area contributed by atoms with Crippen molar-refractivity contribution < 1.29 is 0 Å². The predicted molar refractivity (Wildman–Crippen MR) is 115 cm³/mol. The third-order valence-electron chi connectivity index (χ3n) is 4.85. The lowest BCUT2D eigenvalue weighted by molar-refractivity contribution is 0.860. The molecule has 1 aromatic carbocycles. The molecule has 0 bridgehead atoms. The number of hydrogen-bond donors (Lipinski definition) is 1. The Kier molecular flexibility index (Phi) is 4.81. The molecule has 0 saturated carbocycles. The van der Waals surface area contributed by atoms with Crippen LogP contribution in [0, 0.1) is 0 Å². The van der Waals surface area contributed by atoms with Crippen molar-refractivity contribution in [3.8, 4) is 11.3 Å². The monoisotopic (exact) mass is 377 g/mol. The highest BCUT2D eigenvalue weighted by molar-refractivity contribution is 7.14. The van der Waals surface area contributed by atoms with Crippen LogP contribution in [0.15, 0.2) is 54.2 Å². The Morgan fingerprint density at radius 2 is 1.85 bits per heavy atom. The lowest BCUT2D eigenvalue weighted by atomic mass is 10.1. The summed E-state index contributed by atoms with van der Waals surface area (Å²) in [5.41, 5.74) is 5.15. The standard InChI is InChI=1S/C21H23N5S/c1-4-26(5-2)21-24-19(14-27-21)18-13-23-20-17(18)11-16(12-22-20)25(3)15-9-7-6-8-10-15/h6-14H,4-5H2,1-3H3,(H,22,23). The number of nitrogens with zero attached hydrogens (tertiary/aromatic N) is 4. The van der Waals surface area contributed by atoms with Gasteiger partial charge in [0.25, 0.3) is 0 Å². The number of nitrogens with one attached hydrogen (secondary N) is 1. The summed E-state index contributed by atoms with van der Waals surface area (Å²) in [4.78, 5) is 17.2. The smallest absolute Gasteiger partial charge is 0.185 e. The number of aromatic nitrogens is 3. The van der Waals surface area contributed by atoms with E-state index >= 15 is 0 Å². The van der Waals surface area contributed by atoms with E-state index in [0.717, 1.165) is 51.9 Å². The fourth-order valence-corrected chi connectivity index (χ4v) is 4.17. The van der Waals surface area contributed by atoms with E-state index in [-0.39, 0.29) is 0 Å². The minimum Gasteiger partial charge on any atom is -0.349 e. The molecule has 0 aliphatic carbocycles. The van der Waals surface area contributed by atoms with Crippen LogP contribution >= 0.6 is 11.3 Å². The first-order chi connectivity index (χ1) is 13.2. The Balaban J connectivity index is 1.73. The molecule has 0 unspecified atom stereocenters. The number of aromatic amines is 1. The largest absolute Gasteiger partial charge is 0.349 e. The molecule has 5 nitrogen and oxygen atoms in total. The average Bonchev–Trinajstić information content (AvgIpc) is 3.35. The number of benzene rings is 1. The van der Waals surface area contributed by atoms with Crippen molar-refractivity contribution in [2.24, 2.45) is 0 Å². The maximum Gasteiger partial charge on any atom is 0.185 e. The molecule has 0 aliphatic rings. The summed E-state index contributed by atoms with van der Waals surface area (Å²) in [5.74, 6) is 0. The van der Waals surface area contributed by atoms with E-state index in [4.69, 9.17) is 4.98 Å². The summed E-state index contributed by atoms with van der Waals surface area (Å²) >= 11 is 1.69. The maximum atomic E-state index is 4.86. The Bertz CT molecular complexity index is 1030. The Hall–Kier alpha value is -2.86. The van der Waals surface area contributed by atoms with Gasteiger partial charge >= 0.3 is 0 Å². The number of fused-ring (bicyclic) bond motifs is 1. The molecule has 0 amide bonds. The Labute approximate surface area is 163 Å². The van der Waals surface area contributed by atoms with E-state index in [1.54, 1.807) is 11.3 Å². The number of hydrogen-bond acceptors (Lipinski definition) is 5. The molecule has 0 saturated heterocycles. The lowest BCUT2D eigenvalue weighted by Gasteiger charge is -2.19. The van der Waals surface area contributed by atoms with Crippen molar-refractivity contribution in [1.29, 1.82) is 0 Å². The second-order valence-corrected chi connectivity index (χ2v) is 7.21. The molecule has 6 heteroatoms. The zero-order chi connectivity index (χ0) is 18.8. The van der Waals surface area contributed by atoms with Gasteiger partial charge in [-0.2, -0.15) is 0 Å². The van der Waals surface area contributed by atoms with Crippen LogP contribution in [0.5, 0.6) is 0 Å². The molecule has 0 radical (unpaired) electrons. The van der Waals surface area contributed by atoms with Crippen LogP contribution in [0.4, 0.5) is 16.5 Å². The molecule has 1 N–H and O–H groups in total. The lowest BCUT2D eigenvalue weighted by Crippen LogP contribution is -2.21. The summed E-state index contributed by atoms with van der Waals surface area (Å²) in [6.45, 7) is 6.24. The third-order valence-corrected chi connectivity index (χ3v) is 5.75. The number of rotatable bonds is 6. The SMILES string of the molecule is CCN(CC)c1nc(-c2c[nH]c3ncc(N(C)c4ccccc4)cc23)cs1. The van der Waals surface area contributed by atoms with Gasteiger partial charge in [-0.05, 0) is 32.0 Å². The molecular formula is C21H23N5S. The van der Waals surface area contributed by atoms with Crippen molar-refractivity contribution in [3.05, 3.63) is 54.2 Å². The second kappa shape index (κ2) is 7.40. The van der Waals surface area contributed by atoms with Gasteiger partial charge in [0, 0.05) is 48.4 Å². The highest BCUT2D eigenvalue weighted by atomic mass is 32.1. The van der Waals surface area contributed by atoms with Gasteiger partial charge in [-0.15, -0.1) is 11.3 Å². The molecular weight excluding hydrogens is 354 g/mol. The first kappa shape index (κ1) is 17.5. The summed E-state index contributed by atoms with van der Waals surface area (Å²) in [6.07, 6.45) is 3.91. The van der Waals surface area contributed by atoms with E-state index in [1.807, 2.05) is 30.6 Å². The first-order valence-electron chi connectivity index (χ1n) is 9.18. The predicted octanol–water partition coefficient (Wildman–Crippen LogP) is 5.30. The maximum absolute atomic E-state index is 4.86. The molecule has 3 heterocycles. The Morgan fingerprint density at radius 1 is 1.07 bits per heavy atom. The highest BCUT2D eigenvalue weighted by Gasteiger charge is 2.15. The number of para-hydroxylation sites is 1. The van der Waals surface area contributed by atoms with E-state index in [0.29, 0.717) is 0 Å². The van der Waals surface area contributed by atoms with Crippen molar-refractivity contribution in [3.63, 3.8) is 0 Å². The molecule has 3 aromatic heterocycles. The minimum absolute atomic E-state index is 0.882. The molecule has 0 aliphatic heterocycles. The first-order valence-corrected chi connectivity index (χ1v) is 10.1. The van der Waals surface area contributed by atoms with Crippen LogP contribution in [0.3, 0.4) is 0 Å². The zero-order valence-corrected chi connectivity index (χ0v) is 16.6. The van der Waals surface area contributed by atoms with Gasteiger partial charge < -0.3 is 14.8 Å². The van der Waals surface area contributed by atoms with Crippen molar-refractivity contribution in [2.75, 3.05) is 29.9 Å². The van der Waals surface area contributed by atoms with Gasteiger partial charge in [-0.1, -0.05) is 18.2 Å². The molecule has 0 spiro atoms. The van der Waals surface area contributed by atoms with Crippen molar-refractivity contribution >= 4 is 38.9 Å². The van der Waals surface area contributed by atoms with Crippen LogP contribution in [0.2, 0.25) is 0 Å². The van der Waals surface area contributed by atoms with E-state index < -0.39 is 0 Å². The zero-order valence-electron chi connectivity index (χ0n) is 15.8.